The van der Waals surface area contributed by atoms with Gasteiger partial charge in [-0.05, 0) is 49.8 Å². The third-order valence-electron chi connectivity index (χ3n) is 4.58. The summed E-state index contributed by atoms with van der Waals surface area (Å²) in [5.41, 5.74) is -0.184. The smallest absolute Gasteiger partial charge is 0.310 e. The quantitative estimate of drug-likeness (QED) is 0.807. The maximum Gasteiger partial charge on any atom is 0.416 e. The topological polar surface area (TPSA) is 12.0 Å². The van der Waals surface area contributed by atoms with E-state index in [0.717, 1.165) is 18.5 Å². The lowest BCUT2D eigenvalue weighted by Crippen LogP contribution is -2.29. The van der Waals surface area contributed by atoms with E-state index < -0.39 is 11.7 Å². The first-order valence-electron chi connectivity index (χ1n) is 7.77. The monoisotopic (exact) mass is 299 g/mol. The van der Waals surface area contributed by atoms with E-state index in [4.69, 9.17) is 0 Å². The second kappa shape index (κ2) is 6.82. The molecule has 0 aliphatic heterocycles. The van der Waals surface area contributed by atoms with Crippen molar-refractivity contribution < 1.29 is 13.2 Å². The van der Waals surface area contributed by atoms with Crippen LogP contribution in [0.15, 0.2) is 24.3 Å². The van der Waals surface area contributed by atoms with E-state index in [2.05, 4.69) is 12.2 Å². The van der Waals surface area contributed by atoms with Crippen molar-refractivity contribution in [3.05, 3.63) is 35.4 Å². The van der Waals surface area contributed by atoms with E-state index in [-0.39, 0.29) is 6.04 Å². The van der Waals surface area contributed by atoms with Crippen LogP contribution in [0.4, 0.5) is 13.2 Å². The standard InChI is InChI=1S/C17H24F3N/c1-12-7-9-14(10-8-12)11-21-13(2)15-5-3-4-6-16(15)17(18,19)20/h3-6,12-14,21H,7-11H2,1-2H3. The molecular formula is C17H24F3N. The van der Waals surface area contributed by atoms with Crippen molar-refractivity contribution in [3.63, 3.8) is 0 Å². The Hall–Kier alpha value is -1.03. The first kappa shape index (κ1) is 16.3. The molecule has 1 nitrogen and oxygen atoms in total. The molecule has 1 N–H and O–H groups in total. The summed E-state index contributed by atoms with van der Waals surface area (Å²) in [6.45, 7) is 4.89. The van der Waals surface area contributed by atoms with Gasteiger partial charge in [-0.1, -0.05) is 38.0 Å². The zero-order chi connectivity index (χ0) is 15.5. The van der Waals surface area contributed by atoms with Gasteiger partial charge in [0.15, 0.2) is 0 Å². The fraction of sp³-hybridized carbons (Fsp3) is 0.647. The Morgan fingerprint density at radius 3 is 2.38 bits per heavy atom. The average Bonchev–Trinajstić information content (AvgIpc) is 2.45. The number of hydrogen-bond acceptors (Lipinski definition) is 1. The Morgan fingerprint density at radius 1 is 1.14 bits per heavy atom. The van der Waals surface area contributed by atoms with Gasteiger partial charge in [-0.3, -0.25) is 0 Å². The summed E-state index contributed by atoms with van der Waals surface area (Å²) in [6, 6.07) is 5.58. The molecule has 0 saturated heterocycles. The van der Waals surface area contributed by atoms with Crippen molar-refractivity contribution in [1.82, 2.24) is 5.32 Å². The molecule has 1 aromatic rings. The maximum absolute atomic E-state index is 13.0. The Bertz CT molecular complexity index is 448. The van der Waals surface area contributed by atoms with Gasteiger partial charge in [0.05, 0.1) is 5.56 Å². The molecule has 1 saturated carbocycles. The van der Waals surface area contributed by atoms with Crippen LogP contribution in [0, 0.1) is 11.8 Å². The molecule has 0 spiro atoms. The molecule has 0 aromatic heterocycles. The van der Waals surface area contributed by atoms with E-state index >= 15 is 0 Å². The van der Waals surface area contributed by atoms with Gasteiger partial charge >= 0.3 is 6.18 Å². The van der Waals surface area contributed by atoms with Gasteiger partial charge in [0.25, 0.3) is 0 Å². The molecule has 0 bridgehead atoms. The number of hydrogen-bond donors (Lipinski definition) is 1. The van der Waals surface area contributed by atoms with Gasteiger partial charge in [0, 0.05) is 6.04 Å². The minimum Gasteiger partial charge on any atom is -0.310 e. The van der Waals surface area contributed by atoms with Gasteiger partial charge in [-0.25, -0.2) is 0 Å². The van der Waals surface area contributed by atoms with E-state index in [1.807, 2.05) is 6.92 Å². The molecule has 1 atom stereocenters. The Kier molecular flexibility index (Phi) is 5.31. The molecule has 0 amide bonds. The number of halogens is 3. The third kappa shape index (κ3) is 4.47. The van der Waals surface area contributed by atoms with Crippen LogP contribution in [-0.4, -0.2) is 6.54 Å². The summed E-state index contributed by atoms with van der Waals surface area (Å²) in [5, 5.41) is 3.30. The van der Waals surface area contributed by atoms with E-state index in [9.17, 15) is 13.2 Å². The summed E-state index contributed by atoms with van der Waals surface area (Å²) in [4.78, 5) is 0. The fourth-order valence-electron chi connectivity index (χ4n) is 3.12. The molecule has 0 heterocycles. The number of nitrogens with one attached hydrogen (secondary N) is 1. The summed E-state index contributed by atoms with van der Waals surface area (Å²) >= 11 is 0. The van der Waals surface area contributed by atoms with Gasteiger partial charge in [-0.2, -0.15) is 13.2 Å². The predicted molar refractivity (Wildman–Crippen MR) is 79.0 cm³/mol. The van der Waals surface area contributed by atoms with Gasteiger partial charge < -0.3 is 5.32 Å². The first-order chi connectivity index (χ1) is 9.88. The minimum absolute atomic E-state index is 0.276. The summed E-state index contributed by atoms with van der Waals surface area (Å²) in [7, 11) is 0. The number of rotatable bonds is 4. The van der Waals surface area contributed by atoms with Gasteiger partial charge in [0.1, 0.15) is 0 Å². The van der Waals surface area contributed by atoms with Crippen molar-refractivity contribution in [2.45, 2.75) is 51.7 Å². The van der Waals surface area contributed by atoms with Crippen LogP contribution in [0.1, 0.15) is 56.7 Å². The zero-order valence-corrected chi connectivity index (χ0v) is 12.7. The lowest BCUT2D eigenvalue weighted by Gasteiger charge is -2.28. The van der Waals surface area contributed by atoms with Gasteiger partial charge in [-0.15, -0.1) is 0 Å². The van der Waals surface area contributed by atoms with Crippen LogP contribution < -0.4 is 5.32 Å². The molecule has 1 aliphatic rings. The molecule has 1 aromatic carbocycles. The van der Waals surface area contributed by atoms with Crippen LogP contribution in [0.2, 0.25) is 0 Å². The highest BCUT2D eigenvalue weighted by Crippen LogP contribution is 2.34. The highest BCUT2D eigenvalue weighted by Gasteiger charge is 2.34. The second-order valence-electron chi connectivity index (χ2n) is 6.34. The van der Waals surface area contributed by atoms with Crippen LogP contribution >= 0.6 is 0 Å². The molecule has 4 heteroatoms. The van der Waals surface area contributed by atoms with E-state index in [1.54, 1.807) is 12.1 Å². The van der Waals surface area contributed by atoms with Crippen molar-refractivity contribution in [2.75, 3.05) is 6.54 Å². The van der Waals surface area contributed by atoms with Crippen molar-refractivity contribution in [2.24, 2.45) is 11.8 Å². The maximum atomic E-state index is 13.0. The lowest BCUT2D eigenvalue weighted by molar-refractivity contribution is -0.138. The van der Waals surface area contributed by atoms with E-state index in [0.29, 0.717) is 11.5 Å². The number of alkyl halides is 3. The number of benzene rings is 1. The Morgan fingerprint density at radius 2 is 1.76 bits per heavy atom. The Labute approximate surface area is 124 Å². The molecule has 1 fully saturated rings. The third-order valence-corrected chi connectivity index (χ3v) is 4.58. The summed E-state index contributed by atoms with van der Waals surface area (Å²) in [6.07, 6.45) is 0.552. The van der Waals surface area contributed by atoms with E-state index in [1.165, 1.54) is 31.7 Å². The minimum atomic E-state index is -4.28. The highest BCUT2D eigenvalue weighted by molar-refractivity contribution is 5.32. The normalized spacial score (nSPS) is 24.8. The molecule has 2 rings (SSSR count). The van der Waals surface area contributed by atoms with Crippen LogP contribution in [0.25, 0.3) is 0 Å². The molecule has 1 unspecified atom stereocenters. The predicted octanol–water partition coefficient (Wildman–Crippen LogP) is 5.18. The molecule has 0 radical (unpaired) electrons. The second-order valence-corrected chi connectivity index (χ2v) is 6.34. The largest absolute Gasteiger partial charge is 0.416 e. The highest BCUT2D eigenvalue weighted by atomic mass is 19.4. The molecule has 21 heavy (non-hydrogen) atoms. The van der Waals surface area contributed by atoms with Crippen LogP contribution in [0.5, 0.6) is 0 Å². The fourth-order valence-corrected chi connectivity index (χ4v) is 3.12. The van der Waals surface area contributed by atoms with Crippen molar-refractivity contribution >= 4 is 0 Å². The van der Waals surface area contributed by atoms with Crippen LogP contribution in [-0.2, 0) is 6.18 Å². The van der Waals surface area contributed by atoms with Gasteiger partial charge in [0.2, 0.25) is 0 Å². The SMILES string of the molecule is CC1CCC(CNC(C)c2ccccc2C(F)(F)F)CC1. The first-order valence-corrected chi connectivity index (χ1v) is 7.77. The summed E-state index contributed by atoms with van der Waals surface area (Å²) < 4.78 is 39.1. The van der Waals surface area contributed by atoms with Crippen LogP contribution in [0.3, 0.4) is 0 Å². The lowest BCUT2D eigenvalue weighted by atomic mass is 9.83. The summed E-state index contributed by atoms with van der Waals surface area (Å²) in [5.74, 6) is 1.39. The zero-order valence-electron chi connectivity index (χ0n) is 12.7. The molecular weight excluding hydrogens is 275 g/mol. The average molecular weight is 299 g/mol. The molecule has 1 aliphatic carbocycles. The van der Waals surface area contributed by atoms with Crippen molar-refractivity contribution in [1.29, 1.82) is 0 Å². The van der Waals surface area contributed by atoms with Crippen molar-refractivity contribution in [3.8, 4) is 0 Å². The Balaban J connectivity index is 1.96. The molecule has 118 valence electrons.